The van der Waals surface area contributed by atoms with Gasteiger partial charge in [0, 0.05) is 39.3 Å². The molecule has 16 heavy (non-hydrogen) atoms. The molecule has 0 spiro atoms. The zero-order valence-electron chi connectivity index (χ0n) is 9.83. The van der Waals surface area contributed by atoms with Crippen molar-refractivity contribution in [1.29, 1.82) is 0 Å². The molecule has 0 atom stereocenters. The Hall–Kier alpha value is -0.430. The van der Waals surface area contributed by atoms with Crippen LogP contribution in [0.1, 0.15) is 6.92 Å². The fraction of sp³-hybridized carbons (Fsp3) is 0.800. The van der Waals surface area contributed by atoms with Gasteiger partial charge in [-0.25, -0.2) is 13.1 Å². The van der Waals surface area contributed by atoms with E-state index in [1.165, 1.54) is 0 Å². The number of rotatable bonds is 6. The van der Waals surface area contributed by atoms with Gasteiger partial charge in [0.05, 0.1) is 5.75 Å². The van der Waals surface area contributed by atoms with Gasteiger partial charge in [-0.1, -0.05) is 12.2 Å². The Bertz CT molecular complexity index is 321. The monoisotopic (exact) mass is 247 g/mol. The highest BCUT2D eigenvalue weighted by Crippen LogP contribution is 1.95. The molecule has 1 saturated heterocycles. The summed E-state index contributed by atoms with van der Waals surface area (Å²) in [5.74, 6) is 0.167. The second-order valence-corrected chi connectivity index (χ2v) is 6.12. The lowest BCUT2D eigenvalue weighted by Crippen LogP contribution is -2.46. The molecule has 0 saturated carbocycles. The Morgan fingerprint density at radius 1 is 1.44 bits per heavy atom. The van der Waals surface area contributed by atoms with Crippen LogP contribution in [0.4, 0.5) is 0 Å². The summed E-state index contributed by atoms with van der Waals surface area (Å²) >= 11 is 0. The molecule has 2 N–H and O–H groups in total. The van der Waals surface area contributed by atoms with E-state index in [0.717, 1.165) is 31.8 Å². The first kappa shape index (κ1) is 13.6. The zero-order chi connectivity index (χ0) is 12.0. The first-order valence-corrected chi connectivity index (χ1v) is 7.19. The summed E-state index contributed by atoms with van der Waals surface area (Å²) in [5, 5.41) is 3.23. The van der Waals surface area contributed by atoms with Crippen LogP contribution in [-0.2, 0) is 10.0 Å². The van der Waals surface area contributed by atoms with Gasteiger partial charge in [0.1, 0.15) is 0 Å². The molecule has 5 nitrogen and oxygen atoms in total. The summed E-state index contributed by atoms with van der Waals surface area (Å²) in [6.07, 6.45) is 0. The van der Waals surface area contributed by atoms with Crippen molar-refractivity contribution >= 4 is 10.0 Å². The van der Waals surface area contributed by atoms with Crippen LogP contribution >= 0.6 is 0 Å². The van der Waals surface area contributed by atoms with Crippen LogP contribution in [0.15, 0.2) is 12.2 Å². The van der Waals surface area contributed by atoms with E-state index in [4.69, 9.17) is 0 Å². The fourth-order valence-electron chi connectivity index (χ4n) is 1.49. The molecule has 1 rings (SSSR count). The molecule has 0 bridgehead atoms. The molecular formula is C10H21N3O2S. The summed E-state index contributed by atoms with van der Waals surface area (Å²) < 4.78 is 25.7. The minimum absolute atomic E-state index is 0.167. The highest BCUT2D eigenvalue weighted by Gasteiger charge is 2.14. The lowest BCUT2D eigenvalue weighted by molar-refractivity contribution is 0.253. The fourth-order valence-corrected chi connectivity index (χ4v) is 2.60. The van der Waals surface area contributed by atoms with E-state index in [9.17, 15) is 8.42 Å². The van der Waals surface area contributed by atoms with Gasteiger partial charge < -0.3 is 5.32 Å². The van der Waals surface area contributed by atoms with Gasteiger partial charge in [-0.05, 0) is 6.92 Å². The molecule has 0 radical (unpaired) electrons. The van der Waals surface area contributed by atoms with Crippen LogP contribution in [0.5, 0.6) is 0 Å². The van der Waals surface area contributed by atoms with Crippen molar-refractivity contribution in [2.24, 2.45) is 0 Å². The smallest absolute Gasteiger partial charge is 0.213 e. The molecule has 1 heterocycles. The molecule has 0 aromatic carbocycles. The normalized spacial score (nSPS) is 18.6. The van der Waals surface area contributed by atoms with Gasteiger partial charge in [-0.2, -0.15) is 0 Å². The van der Waals surface area contributed by atoms with E-state index >= 15 is 0 Å². The van der Waals surface area contributed by atoms with Gasteiger partial charge in [0.15, 0.2) is 0 Å². The predicted octanol–water partition coefficient (Wildman–Crippen LogP) is -0.613. The third kappa shape index (κ3) is 5.60. The van der Waals surface area contributed by atoms with E-state index < -0.39 is 10.0 Å². The van der Waals surface area contributed by atoms with E-state index in [1.807, 2.05) is 0 Å². The van der Waals surface area contributed by atoms with Crippen LogP contribution in [0, 0.1) is 0 Å². The molecule has 0 aliphatic carbocycles. The maximum Gasteiger partial charge on any atom is 0.213 e. The Morgan fingerprint density at radius 3 is 2.62 bits per heavy atom. The van der Waals surface area contributed by atoms with Gasteiger partial charge >= 0.3 is 0 Å². The van der Waals surface area contributed by atoms with E-state index in [2.05, 4.69) is 21.5 Å². The molecule has 0 unspecified atom stereocenters. The quantitative estimate of drug-likeness (QED) is 0.615. The summed E-state index contributed by atoms with van der Waals surface area (Å²) in [6, 6.07) is 0. The maximum absolute atomic E-state index is 11.6. The van der Waals surface area contributed by atoms with Crippen molar-refractivity contribution in [2.75, 3.05) is 45.0 Å². The topological polar surface area (TPSA) is 61.4 Å². The third-order valence-electron chi connectivity index (χ3n) is 2.48. The number of hydrogen-bond donors (Lipinski definition) is 2. The zero-order valence-corrected chi connectivity index (χ0v) is 10.6. The lowest BCUT2D eigenvalue weighted by Gasteiger charge is -2.26. The van der Waals surface area contributed by atoms with Crippen molar-refractivity contribution in [3.8, 4) is 0 Å². The van der Waals surface area contributed by atoms with Crippen LogP contribution in [-0.4, -0.2) is 58.3 Å². The largest absolute Gasteiger partial charge is 0.314 e. The van der Waals surface area contributed by atoms with Crippen molar-refractivity contribution in [3.05, 3.63) is 12.2 Å². The SMILES string of the molecule is C=C(C)CNS(=O)(=O)CCN1CCNCC1. The molecule has 1 aliphatic heterocycles. The Kier molecular flexibility index (Phi) is 5.40. The highest BCUT2D eigenvalue weighted by atomic mass is 32.2. The van der Waals surface area contributed by atoms with E-state index in [0.29, 0.717) is 13.1 Å². The van der Waals surface area contributed by atoms with Gasteiger partial charge in [-0.3, -0.25) is 4.90 Å². The van der Waals surface area contributed by atoms with Gasteiger partial charge in [0.2, 0.25) is 10.0 Å². The van der Waals surface area contributed by atoms with Crippen molar-refractivity contribution in [3.63, 3.8) is 0 Å². The highest BCUT2D eigenvalue weighted by molar-refractivity contribution is 7.89. The average molecular weight is 247 g/mol. The van der Waals surface area contributed by atoms with Gasteiger partial charge in [-0.15, -0.1) is 0 Å². The van der Waals surface area contributed by atoms with Crippen LogP contribution in [0.3, 0.4) is 0 Å². The second-order valence-electron chi connectivity index (χ2n) is 4.19. The van der Waals surface area contributed by atoms with Crippen LogP contribution in [0.2, 0.25) is 0 Å². The molecule has 1 fully saturated rings. The number of sulfonamides is 1. The summed E-state index contributed by atoms with van der Waals surface area (Å²) in [5.41, 5.74) is 0.825. The number of nitrogens with zero attached hydrogens (tertiary/aromatic N) is 1. The maximum atomic E-state index is 11.6. The molecular weight excluding hydrogens is 226 g/mol. The van der Waals surface area contributed by atoms with Crippen molar-refractivity contribution in [1.82, 2.24) is 14.9 Å². The summed E-state index contributed by atoms with van der Waals surface area (Å²) in [4.78, 5) is 2.16. The minimum Gasteiger partial charge on any atom is -0.314 e. The first-order valence-electron chi connectivity index (χ1n) is 5.54. The number of nitrogens with one attached hydrogen (secondary N) is 2. The first-order chi connectivity index (χ1) is 7.49. The molecule has 0 aromatic heterocycles. The minimum atomic E-state index is -3.15. The van der Waals surface area contributed by atoms with Crippen molar-refractivity contribution in [2.45, 2.75) is 6.92 Å². The number of hydrogen-bond acceptors (Lipinski definition) is 4. The standard InChI is InChI=1S/C10H21N3O2S/c1-10(2)9-12-16(14,15)8-7-13-5-3-11-4-6-13/h11-12H,1,3-9H2,2H3. The Morgan fingerprint density at radius 2 is 2.06 bits per heavy atom. The summed E-state index contributed by atoms with van der Waals surface area (Å²) in [6.45, 7) is 10.1. The van der Waals surface area contributed by atoms with E-state index in [-0.39, 0.29) is 5.75 Å². The Balaban J connectivity index is 2.26. The lowest BCUT2D eigenvalue weighted by atomic mass is 10.4. The van der Waals surface area contributed by atoms with Gasteiger partial charge in [0.25, 0.3) is 0 Å². The van der Waals surface area contributed by atoms with Crippen molar-refractivity contribution < 1.29 is 8.42 Å². The van der Waals surface area contributed by atoms with E-state index in [1.54, 1.807) is 6.92 Å². The second kappa shape index (κ2) is 6.34. The molecule has 6 heteroatoms. The molecule has 94 valence electrons. The molecule has 0 amide bonds. The summed E-state index contributed by atoms with van der Waals surface area (Å²) in [7, 11) is -3.15. The van der Waals surface area contributed by atoms with Crippen LogP contribution < -0.4 is 10.0 Å². The molecule has 1 aliphatic rings. The van der Waals surface area contributed by atoms with Crippen LogP contribution in [0.25, 0.3) is 0 Å². The average Bonchev–Trinajstić information content (AvgIpc) is 2.26. The predicted molar refractivity (Wildman–Crippen MR) is 65.9 cm³/mol. The molecule has 0 aromatic rings. The Labute approximate surface area is 97.9 Å². The third-order valence-corrected chi connectivity index (χ3v) is 3.78. The number of piperazine rings is 1.